The minimum Gasteiger partial charge on any atom is -0.465 e. The highest BCUT2D eigenvalue weighted by molar-refractivity contribution is 5.81. The van der Waals surface area contributed by atoms with Gasteiger partial charge in [0.05, 0.1) is 6.61 Å². The van der Waals surface area contributed by atoms with Crippen LogP contribution in [-0.2, 0) is 9.53 Å². The van der Waals surface area contributed by atoms with Crippen molar-refractivity contribution in [2.45, 2.75) is 57.4 Å². The summed E-state index contributed by atoms with van der Waals surface area (Å²) >= 11 is 0. The van der Waals surface area contributed by atoms with Crippen LogP contribution in [-0.4, -0.2) is 50.2 Å². The summed E-state index contributed by atoms with van der Waals surface area (Å²) in [6.07, 6.45) is 8.47. The van der Waals surface area contributed by atoms with E-state index in [0.29, 0.717) is 12.5 Å². The molecule has 2 aliphatic rings. The number of hydrogen-bond acceptors (Lipinski definition) is 4. The van der Waals surface area contributed by atoms with Crippen molar-refractivity contribution in [1.82, 2.24) is 10.2 Å². The average Bonchev–Trinajstić information content (AvgIpc) is 2.85. The Labute approximate surface area is 129 Å². The molecular formula is C17H32N2O2. The van der Waals surface area contributed by atoms with E-state index in [9.17, 15) is 4.79 Å². The Balaban J connectivity index is 1.86. The Kier molecular flexibility index (Phi) is 6.06. The van der Waals surface area contributed by atoms with E-state index in [1.807, 2.05) is 14.0 Å². The number of rotatable bonds is 8. The van der Waals surface area contributed by atoms with Crippen LogP contribution in [0.1, 0.15) is 51.9 Å². The maximum Gasteiger partial charge on any atom is 0.326 e. The summed E-state index contributed by atoms with van der Waals surface area (Å²) in [4.78, 5) is 14.8. The molecule has 0 aliphatic heterocycles. The molecule has 2 saturated carbocycles. The van der Waals surface area contributed by atoms with Crippen LogP contribution < -0.4 is 5.32 Å². The van der Waals surface area contributed by atoms with Gasteiger partial charge in [-0.25, -0.2) is 0 Å². The molecule has 2 fully saturated rings. The first-order chi connectivity index (χ1) is 10.1. The summed E-state index contributed by atoms with van der Waals surface area (Å²) in [6.45, 7) is 4.66. The van der Waals surface area contributed by atoms with E-state index in [-0.39, 0.29) is 5.97 Å². The van der Waals surface area contributed by atoms with Crippen molar-refractivity contribution >= 4 is 5.97 Å². The zero-order valence-corrected chi connectivity index (χ0v) is 14.0. The van der Waals surface area contributed by atoms with Crippen LogP contribution in [0.15, 0.2) is 0 Å². The van der Waals surface area contributed by atoms with Gasteiger partial charge in [-0.3, -0.25) is 4.79 Å². The number of nitrogens with one attached hydrogen (secondary N) is 1. The van der Waals surface area contributed by atoms with Crippen LogP contribution in [0.5, 0.6) is 0 Å². The Morgan fingerprint density at radius 2 is 2.10 bits per heavy atom. The van der Waals surface area contributed by atoms with Gasteiger partial charge in [-0.2, -0.15) is 0 Å². The Bertz CT molecular complexity index is 344. The van der Waals surface area contributed by atoms with Gasteiger partial charge in [0.15, 0.2) is 0 Å². The smallest absolute Gasteiger partial charge is 0.326 e. The fourth-order valence-corrected chi connectivity index (χ4v) is 4.01. The van der Waals surface area contributed by atoms with Crippen LogP contribution >= 0.6 is 0 Å². The summed E-state index contributed by atoms with van der Waals surface area (Å²) in [5.41, 5.74) is -0.437. The molecule has 0 aromatic heterocycles. The molecule has 2 rings (SSSR count). The molecule has 2 atom stereocenters. The molecule has 2 unspecified atom stereocenters. The summed E-state index contributed by atoms with van der Waals surface area (Å²) in [5, 5.41) is 3.31. The van der Waals surface area contributed by atoms with Crippen molar-refractivity contribution in [2.24, 2.45) is 11.8 Å². The van der Waals surface area contributed by atoms with Gasteiger partial charge in [0, 0.05) is 6.54 Å². The molecule has 0 amide bonds. The van der Waals surface area contributed by atoms with Crippen molar-refractivity contribution in [2.75, 3.05) is 33.8 Å². The van der Waals surface area contributed by atoms with Gasteiger partial charge < -0.3 is 15.0 Å². The summed E-state index contributed by atoms with van der Waals surface area (Å²) in [5.74, 6) is 1.28. The molecule has 0 aromatic rings. The summed E-state index contributed by atoms with van der Waals surface area (Å²) < 4.78 is 5.33. The highest BCUT2D eigenvalue weighted by atomic mass is 16.5. The van der Waals surface area contributed by atoms with Crippen molar-refractivity contribution in [3.05, 3.63) is 0 Å². The van der Waals surface area contributed by atoms with Gasteiger partial charge in [0.25, 0.3) is 0 Å². The maximum absolute atomic E-state index is 12.4. The number of carbonyl (C=O) groups excluding carboxylic acids is 1. The minimum atomic E-state index is -0.437. The fourth-order valence-electron chi connectivity index (χ4n) is 4.01. The molecule has 0 saturated heterocycles. The summed E-state index contributed by atoms with van der Waals surface area (Å²) in [6, 6.07) is 0. The first kappa shape index (κ1) is 16.8. The van der Waals surface area contributed by atoms with Crippen LogP contribution in [0.4, 0.5) is 0 Å². The second kappa shape index (κ2) is 7.59. The molecule has 1 N–H and O–H groups in total. The molecule has 21 heavy (non-hydrogen) atoms. The second-order valence-electron chi connectivity index (χ2n) is 6.88. The molecular weight excluding hydrogens is 264 g/mol. The van der Waals surface area contributed by atoms with E-state index in [4.69, 9.17) is 4.74 Å². The normalized spacial score (nSPS) is 29.6. The van der Waals surface area contributed by atoms with Crippen LogP contribution in [0.3, 0.4) is 0 Å². The SMILES string of the molecule is CCOC(=O)C1(NC)CCCC1CCN(C)CC1CCC1. The third-order valence-electron chi connectivity index (χ3n) is 5.56. The van der Waals surface area contributed by atoms with E-state index < -0.39 is 5.54 Å². The highest BCUT2D eigenvalue weighted by Gasteiger charge is 2.48. The van der Waals surface area contributed by atoms with Gasteiger partial charge >= 0.3 is 5.97 Å². The molecule has 4 heteroatoms. The third-order valence-corrected chi connectivity index (χ3v) is 5.56. The molecule has 4 nitrogen and oxygen atoms in total. The monoisotopic (exact) mass is 296 g/mol. The number of ether oxygens (including phenoxy) is 1. The third kappa shape index (κ3) is 3.78. The maximum atomic E-state index is 12.4. The Hall–Kier alpha value is -0.610. The first-order valence-electron chi connectivity index (χ1n) is 8.67. The zero-order valence-electron chi connectivity index (χ0n) is 14.0. The molecule has 0 bridgehead atoms. The molecule has 0 aromatic carbocycles. The lowest BCUT2D eigenvalue weighted by Crippen LogP contribution is -2.54. The lowest BCUT2D eigenvalue weighted by atomic mass is 9.83. The molecule has 0 heterocycles. The van der Waals surface area contributed by atoms with Crippen molar-refractivity contribution in [1.29, 1.82) is 0 Å². The highest BCUT2D eigenvalue weighted by Crippen LogP contribution is 2.39. The molecule has 0 spiro atoms. The van der Waals surface area contributed by atoms with Crippen molar-refractivity contribution in [3.63, 3.8) is 0 Å². The van der Waals surface area contributed by atoms with Crippen LogP contribution in [0.25, 0.3) is 0 Å². The quantitative estimate of drug-likeness (QED) is 0.699. The lowest BCUT2D eigenvalue weighted by Gasteiger charge is -2.35. The van der Waals surface area contributed by atoms with Crippen LogP contribution in [0, 0.1) is 11.8 Å². The van der Waals surface area contributed by atoms with E-state index in [2.05, 4.69) is 17.3 Å². The predicted molar refractivity (Wildman–Crippen MR) is 85.2 cm³/mol. The second-order valence-corrected chi connectivity index (χ2v) is 6.88. The summed E-state index contributed by atoms with van der Waals surface area (Å²) in [7, 11) is 4.13. The van der Waals surface area contributed by atoms with Gasteiger partial charge in [0.2, 0.25) is 0 Å². The molecule has 2 aliphatic carbocycles. The van der Waals surface area contributed by atoms with Gasteiger partial charge in [0.1, 0.15) is 5.54 Å². The standard InChI is InChI=1S/C17H32N2O2/c1-4-21-16(20)17(18-2)11-6-9-15(17)10-12-19(3)13-14-7-5-8-14/h14-15,18H,4-13H2,1-3H3. The van der Waals surface area contributed by atoms with E-state index in [1.54, 1.807) is 0 Å². The van der Waals surface area contributed by atoms with Crippen molar-refractivity contribution < 1.29 is 9.53 Å². The van der Waals surface area contributed by atoms with Gasteiger partial charge in [-0.1, -0.05) is 12.8 Å². The number of likely N-dealkylation sites (N-methyl/N-ethyl adjacent to an activating group) is 1. The molecule has 0 radical (unpaired) electrons. The van der Waals surface area contributed by atoms with Gasteiger partial charge in [-0.15, -0.1) is 0 Å². The zero-order chi connectivity index (χ0) is 15.3. The first-order valence-corrected chi connectivity index (χ1v) is 8.67. The Morgan fingerprint density at radius 3 is 2.67 bits per heavy atom. The van der Waals surface area contributed by atoms with Crippen LogP contribution in [0.2, 0.25) is 0 Å². The number of esters is 1. The van der Waals surface area contributed by atoms with Crippen molar-refractivity contribution in [3.8, 4) is 0 Å². The number of carbonyl (C=O) groups is 1. The lowest BCUT2D eigenvalue weighted by molar-refractivity contribution is -0.153. The van der Waals surface area contributed by atoms with E-state index in [1.165, 1.54) is 25.8 Å². The number of nitrogens with zero attached hydrogens (tertiary/aromatic N) is 1. The average molecular weight is 296 g/mol. The number of hydrogen-bond donors (Lipinski definition) is 1. The Morgan fingerprint density at radius 1 is 1.33 bits per heavy atom. The largest absolute Gasteiger partial charge is 0.465 e. The van der Waals surface area contributed by atoms with Gasteiger partial charge in [-0.05, 0) is 71.5 Å². The minimum absolute atomic E-state index is 0.0448. The van der Waals surface area contributed by atoms with E-state index >= 15 is 0 Å². The fraction of sp³-hybridized carbons (Fsp3) is 0.941. The predicted octanol–water partition coefficient (Wildman–Crippen LogP) is 2.43. The van der Waals surface area contributed by atoms with E-state index in [0.717, 1.165) is 38.1 Å². The molecule has 122 valence electrons. The topological polar surface area (TPSA) is 41.6 Å².